The number of aliphatic hydroxyl groups is 1. The quantitative estimate of drug-likeness (QED) is 0.339. The van der Waals surface area contributed by atoms with Crippen molar-refractivity contribution in [3.05, 3.63) is 69.7 Å². The number of carbonyl (C=O) groups excluding carboxylic acids is 1. The first-order chi connectivity index (χ1) is 18.2. The first kappa shape index (κ1) is 28.4. The number of hydrogen-bond donors (Lipinski definition) is 4. The zero-order valence-electron chi connectivity index (χ0n) is 22.2. The standard InChI is InChI=1S/C30H40ClN3O4/c1-20-6-2-7-21(16-20)17-25-26(9-3-10-27(25)31)30(38,13-5-14-33-29(36)37)23-8-4-15-34(19-23)28(35)22-11-12-24(32)18-22/h2-3,6-7,9-10,16,22-24,33,38H,4-5,8,11-15,17-19,32H2,1H3,(H,36,37)/t22-,23-,24+,30+/m1/s1. The predicted octanol–water partition coefficient (Wildman–Crippen LogP) is 4.84. The van der Waals surface area contributed by atoms with Crippen LogP contribution in [0.3, 0.4) is 0 Å². The van der Waals surface area contributed by atoms with E-state index >= 15 is 0 Å². The maximum atomic E-state index is 13.4. The van der Waals surface area contributed by atoms with Crippen molar-refractivity contribution in [2.75, 3.05) is 19.6 Å². The lowest BCUT2D eigenvalue weighted by Crippen LogP contribution is -2.50. The number of nitrogens with one attached hydrogen (secondary N) is 1. The van der Waals surface area contributed by atoms with E-state index in [0.29, 0.717) is 37.4 Å². The van der Waals surface area contributed by atoms with E-state index in [1.807, 2.05) is 42.2 Å². The van der Waals surface area contributed by atoms with Crippen LogP contribution in [0.2, 0.25) is 5.02 Å². The lowest BCUT2D eigenvalue weighted by molar-refractivity contribution is -0.141. The first-order valence-electron chi connectivity index (χ1n) is 13.7. The second-order valence-corrected chi connectivity index (χ2v) is 11.5. The highest BCUT2D eigenvalue weighted by atomic mass is 35.5. The number of benzene rings is 2. The largest absolute Gasteiger partial charge is 0.465 e. The van der Waals surface area contributed by atoms with Crippen molar-refractivity contribution >= 4 is 23.6 Å². The summed E-state index contributed by atoms with van der Waals surface area (Å²) in [6.07, 6.45) is 4.30. The molecule has 0 bridgehead atoms. The van der Waals surface area contributed by atoms with Crippen molar-refractivity contribution in [1.29, 1.82) is 0 Å². The number of carbonyl (C=O) groups is 2. The number of rotatable bonds is 9. The molecule has 1 saturated heterocycles. The van der Waals surface area contributed by atoms with Crippen molar-refractivity contribution in [3.8, 4) is 0 Å². The smallest absolute Gasteiger partial charge is 0.404 e. The van der Waals surface area contributed by atoms with Crippen LogP contribution >= 0.6 is 11.6 Å². The Morgan fingerprint density at radius 3 is 2.68 bits per heavy atom. The van der Waals surface area contributed by atoms with E-state index in [9.17, 15) is 14.7 Å². The van der Waals surface area contributed by atoms with Gasteiger partial charge in [-0.05, 0) is 81.0 Å². The minimum Gasteiger partial charge on any atom is -0.465 e. The summed E-state index contributed by atoms with van der Waals surface area (Å²) in [6.45, 7) is 3.43. The van der Waals surface area contributed by atoms with Crippen LogP contribution in [0.5, 0.6) is 0 Å². The van der Waals surface area contributed by atoms with Gasteiger partial charge < -0.3 is 26.2 Å². The normalized spacial score (nSPS) is 23.2. The van der Waals surface area contributed by atoms with E-state index in [-0.39, 0.29) is 30.3 Å². The molecule has 5 N–H and O–H groups in total. The summed E-state index contributed by atoms with van der Waals surface area (Å²) in [7, 11) is 0. The highest BCUT2D eigenvalue weighted by Gasteiger charge is 2.43. The molecule has 0 unspecified atom stereocenters. The van der Waals surface area contributed by atoms with Gasteiger partial charge in [0.05, 0.1) is 5.60 Å². The van der Waals surface area contributed by atoms with E-state index in [1.54, 1.807) is 0 Å². The molecule has 0 aromatic heterocycles. The molecule has 4 atom stereocenters. The Morgan fingerprint density at radius 2 is 1.97 bits per heavy atom. The topological polar surface area (TPSA) is 116 Å². The molecular formula is C30H40ClN3O4. The van der Waals surface area contributed by atoms with Gasteiger partial charge in [-0.25, -0.2) is 4.79 Å². The minimum atomic E-state index is -1.27. The second-order valence-electron chi connectivity index (χ2n) is 11.1. The molecule has 2 aromatic carbocycles. The van der Waals surface area contributed by atoms with Crippen LogP contribution in [0, 0.1) is 18.8 Å². The van der Waals surface area contributed by atoms with Gasteiger partial charge in [0.2, 0.25) is 5.91 Å². The fourth-order valence-electron chi connectivity index (χ4n) is 6.35. The highest BCUT2D eigenvalue weighted by Crippen LogP contribution is 2.43. The Hall–Kier alpha value is -2.61. The number of nitrogens with two attached hydrogens (primary N) is 1. The fourth-order valence-corrected chi connectivity index (χ4v) is 6.59. The first-order valence-corrected chi connectivity index (χ1v) is 14.1. The number of aryl methyl sites for hydroxylation is 1. The van der Waals surface area contributed by atoms with E-state index in [0.717, 1.165) is 54.4 Å². The van der Waals surface area contributed by atoms with Crippen molar-refractivity contribution in [2.45, 2.75) is 69.9 Å². The molecule has 8 heteroatoms. The van der Waals surface area contributed by atoms with Gasteiger partial charge in [0, 0.05) is 42.5 Å². The van der Waals surface area contributed by atoms with Gasteiger partial charge in [-0.2, -0.15) is 0 Å². The maximum Gasteiger partial charge on any atom is 0.404 e. The van der Waals surface area contributed by atoms with Crippen molar-refractivity contribution in [1.82, 2.24) is 10.2 Å². The molecule has 2 fully saturated rings. The molecule has 2 aromatic rings. The van der Waals surface area contributed by atoms with Gasteiger partial charge in [-0.15, -0.1) is 0 Å². The van der Waals surface area contributed by atoms with Gasteiger partial charge in [-0.3, -0.25) is 4.79 Å². The summed E-state index contributed by atoms with van der Waals surface area (Å²) < 4.78 is 0. The molecule has 1 aliphatic heterocycles. The van der Waals surface area contributed by atoms with Crippen LogP contribution in [0.15, 0.2) is 42.5 Å². The molecular weight excluding hydrogens is 502 g/mol. The molecule has 1 aliphatic carbocycles. The monoisotopic (exact) mass is 541 g/mol. The molecule has 0 radical (unpaired) electrons. The highest BCUT2D eigenvalue weighted by molar-refractivity contribution is 6.31. The van der Waals surface area contributed by atoms with Gasteiger partial charge >= 0.3 is 6.09 Å². The Balaban J connectivity index is 1.65. The summed E-state index contributed by atoms with van der Waals surface area (Å²) >= 11 is 6.77. The molecule has 0 spiro atoms. The zero-order chi connectivity index (χ0) is 27.3. The summed E-state index contributed by atoms with van der Waals surface area (Å²) in [5.74, 6) is -0.0990. The summed E-state index contributed by atoms with van der Waals surface area (Å²) in [5.41, 5.74) is 8.72. The molecule has 206 valence electrons. The molecule has 1 heterocycles. The van der Waals surface area contributed by atoms with Crippen molar-refractivity contribution < 1.29 is 19.8 Å². The van der Waals surface area contributed by atoms with E-state index in [2.05, 4.69) is 17.4 Å². The lowest BCUT2D eigenvalue weighted by atomic mass is 9.72. The molecule has 2 amide bonds. The van der Waals surface area contributed by atoms with Gasteiger partial charge in [0.1, 0.15) is 0 Å². The number of amides is 2. The number of likely N-dealkylation sites (tertiary alicyclic amines) is 1. The Bertz CT molecular complexity index is 1140. The van der Waals surface area contributed by atoms with Crippen LogP contribution in [0.25, 0.3) is 0 Å². The van der Waals surface area contributed by atoms with Crippen LogP contribution in [-0.2, 0) is 16.8 Å². The SMILES string of the molecule is Cc1cccc(Cc2c(Cl)cccc2[C@](O)(CCCNC(=O)O)[C@@H]2CCCN(C(=O)[C@@H]3CC[C@H](N)C3)C2)c1. The third kappa shape index (κ3) is 6.68. The number of nitrogens with zero attached hydrogens (tertiary/aromatic N) is 1. The Labute approximate surface area is 230 Å². The third-order valence-corrected chi connectivity index (χ3v) is 8.64. The number of carboxylic acid groups (broad SMARTS) is 1. The molecule has 38 heavy (non-hydrogen) atoms. The zero-order valence-corrected chi connectivity index (χ0v) is 22.9. The Kier molecular flexibility index (Phi) is 9.34. The van der Waals surface area contributed by atoms with Crippen LogP contribution in [0.4, 0.5) is 4.79 Å². The number of halogens is 1. The number of piperidine rings is 1. The van der Waals surface area contributed by atoms with Crippen LogP contribution in [-0.4, -0.2) is 52.8 Å². The van der Waals surface area contributed by atoms with Gasteiger partial charge in [0.15, 0.2) is 0 Å². The van der Waals surface area contributed by atoms with Gasteiger partial charge in [-0.1, -0.05) is 53.6 Å². The van der Waals surface area contributed by atoms with E-state index in [4.69, 9.17) is 22.4 Å². The Morgan fingerprint density at radius 1 is 1.18 bits per heavy atom. The van der Waals surface area contributed by atoms with E-state index < -0.39 is 11.7 Å². The predicted molar refractivity (Wildman–Crippen MR) is 149 cm³/mol. The van der Waals surface area contributed by atoms with E-state index in [1.165, 1.54) is 0 Å². The van der Waals surface area contributed by atoms with Crippen molar-refractivity contribution in [2.24, 2.45) is 17.6 Å². The molecule has 1 saturated carbocycles. The third-order valence-electron chi connectivity index (χ3n) is 8.29. The lowest BCUT2D eigenvalue weighted by Gasteiger charge is -2.44. The average molecular weight is 542 g/mol. The molecule has 7 nitrogen and oxygen atoms in total. The number of hydrogen-bond acceptors (Lipinski definition) is 4. The maximum absolute atomic E-state index is 13.4. The second kappa shape index (κ2) is 12.5. The molecule has 4 rings (SSSR count). The summed E-state index contributed by atoms with van der Waals surface area (Å²) in [6, 6.07) is 14.0. The summed E-state index contributed by atoms with van der Waals surface area (Å²) in [4.78, 5) is 26.3. The average Bonchev–Trinajstić information content (AvgIpc) is 3.33. The van der Waals surface area contributed by atoms with Crippen molar-refractivity contribution in [3.63, 3.8) is 0 Å². The molecule has 2 aliphatic rings. The van der Waals surface area contributed by atoms with Crippen LogP contribution < -0.4 is 11.1 Å². The fraction of sp³-hybridized carbons (Fsp3) is 0.533. The van der Waals surface area contributed by atoms with Gasteiger partial charge in [0.25, 0.3) is 0 Å². The minimum absolute atomic E-state index is 0.0420. The summed E-state index contributed by atoms with van der Waals surface area (Å²) in [5, 5.41) is 24.6. The van der Waals surface area contributed by atoms with Crippen LogP contribution in [0.1, 0.15) is 67.2 Å².